The van der Waals surface area contributed by atoms with Crippen molar-refractivity contribution in [3.8, 4) is 0 Å². The lowest BCUT2D eigenvalue weighted by Crippen LogP contribution is -2.43. The number of carbonyl (C=O) groups excluding carboxylic acids is 1. The van der Waals surface area contributed by atoms with Crippen LogP contribution >= 0.6 is 22.6 Å². The van der Waals surface area contributed by atoms with E-state index >= 15 is 0 Å². The van der Waals surface area contributed by atoms with Gasteiger partial charge < -0.3 is 0 Å². The average Bonchev–Trinajstić information content (AvgIpc) is 2.59. The Morgan fingerprint density at radius 3 is 2.52 bits per heavy atom. The number of sulfonamides is 1. The number of hydrogen-bond donors (Lipinski definition) is 2. The van der Waals surface area contributed by atoms with Crippen molar-refractivity contribution in [1.29, 1.82) is 0 Å². The molecule has 0 saturated carbocycles. The van der Waals surface area contributed by atoms with Gasteiger partial charge in [0.05, 0.1) is 15.5 Å². The summed E-state index contributed by atoms with van der Waals surface area (Å²) < 4.78 is 27.5. The number of hydrogen-bond acceptors (Lipinski definition) is 6. The molecule has 0 radical (unpaired) electrons. The third-order valence-corrected chi connectivity index (χ3v) is 5.60. The summed E-state index contributed by atoms with van der Waals surface area (Å²) in [6.07, 6.45) is 0. The van der Waals surface area contributed by atoms with Crippen molar-refractivity contribution in [2.75, 3.05) is 10.8 Å². The molecule has 0 aliphatic heterocycles. The monoisotopic (exact) mass is 476 g/mol. The molecule has 0 fully saturated rings. The first-order valence-electron chi connectivity index (χ1n) is 6.78. The number of benzene rings is 2. The fourth-order valence-electron chi connectivity index (χ4n) is 2.01. The molecule has 0 spiro atoms. The highest BCUT2D eigenvalue weighted by atomic mass is 127. The van der Waals surface area contributed by atoms with Crippen molar-refractivity contribution in [3.63, 3.8) is 0 Å². The second kappa shape index (κ2) is 7.76. The zero-order valence-corrected chi connectivity index (χ0v) is 15.6. The molecule has 9 nitrogen and oxygen atoms in total. The fourth-order valence-corrected chi connectivity index (χ4v) is 3.99. The summed E-state index contributed by atoms with van der Waals surface area (Å²) in [5.41, 5.74) is 1.75. The Morgan fingerprint density at radius 2 is 1.92 bits per heavy atom. The largest absolute Gasteiger partial charge is 0.293 e. The summed E-state index contributed by atoms with van der Waals surface area (Å²) in [6.45, 7) is -0.568. The number of nitro benzene ring substituents is 1. The number of nitro groups is 1. The van der Waals surface area contributed by atoms with E-state index in [0.717, 1.165) is 13.9 Å². The lowest BCUT2D eigenvalue weighted by Gasteiger charge is -2.23. The third-order valence-electron chi connectivity index (χ3n) is 3.16. The van der Waals surface area contributed by atoms with Gasteiger partial charge in [-0.05, 0) is 46.9 Å². The Balaban J connectivity index is 2.57. The first kappa shape index (κ1) is 19.1. The number of anilines is 1. The summed E-state index contributed by atoms with van der Waals surface area (Å²) in [4.78, 5) is 21.6. The molecule has 0 unspecified atom stereocenters. The summed E-state index contributed by atoms with van der Waals surface area (Å²) in [6, 6.07) is 11.1. The Hall–Kier alpha value is -2.25. The normalized spacial score (nSPS) is 11.0. The summed E-state index contributed by atoms with van der Waals surface area (Å²) in [5, 5.41) is 10.9. The molecule has 132 valence electrons. The molecule has 2 aromatic carbocycles. The second-order valence-corrected chi connectivity index (χ2v) is 7.92. The predicted molar refractivity (Wildman–Crippen MR) is 99.1 cm³/mol. The van der Waals surface area contributed by atoms with E-state index in [0.29, 0.717) is 0 Å². The molecule has 0 aliphatic carbocycles. The molecule has 25 heavy (non-hydrogen) atoms. The minimum absolute atomic E-state index is 0.238. The van der Waals surface area contributed by atoms with Gasteiger partial charge in [-0.25, -0.2) is 14.3 Å². The van der Waals surface area contributed by atoms with Crippen LogP contribution in [0.3, 0.4) is 0 Å². The molecular weight excluding hydrogens is 463 g/mol. The Bertz CT molecular complexity index is 919. The lowest BCUT2D eigenvalue weighted by atomic mass is 10.3. The van der Waals surface area contributed by atoms with Gasteiger partial charge in [-0.15, -0.1) is 0 Å². The molecule has 0 aromatic heterocycles. The van der Waals surface area contributed by atoms with Crippen LogP contribution in [0.4, 0.5) is 11.4 Å². The van der Waals surface area contributed by atoms with E-state index < -0.39 is 27.4 Å². The second-order valence-electron chi connectivity index (χ2n) is 4.81. The van der Waals surface area contributed by atoms with Gasteiger partial charge in [-0.3, -0.25) is 24.6 Å². The molecule has 2 rings (SSSR count). The number of nitrogens with one attached hydrogen (secondary N) is 1. The first-order chi connectivity index (χ1) is 11.8. The molecule has 0 saturated heterocycles. The minimum Gasteiger partial charge on any atom is -0.293 e. The van der Waals surface area contributed by atoms with E-state index in [9.17, 15) is 23.3 Å². The molecule has 3 N–H and O–H groups in total. The molecule has 2 aromatic rings. The number of nitrogens with zero attached hydrogens (tertiary/aromatic N) is 2. The summed E-state index contributed by atoms with van der Waals surface area (Å²) in [7, 11) is -4.22. The van der Waals surface area contributed by atoms with Crippen LogP contribution in [0.15, 0.2) is 53.4 Å². The quantitative estimate of drug-likeness (QED) is 0.213. The van der Waals surface area contributed by atoms with Gasteiger partial charge in [0, 0.05) is 15.7 Å². The van der Waals surface area contributed by atoms with Crippen molar-refractivity contribution in [2.45, 2.75) is 4.90 Å². The summed E-state index contributed by atoms with van der Waals surface area (Å²) in [5.74, 6) is 4.33. The molecule has 0 heterocycles. The fraction of sp³-hybridized carbons (Fsp3) is 0.0714. The van der Waals surface area contributed by atoms with Crippen LogP contribution in [0.1, 0.15) is 0 Å². The van der Waals surface area contributed by atoms with Gasteiger partial charge in [-0.1, -0.05) is 12.1 Å². The van der Waals surface area contributed by atoms with Crippen LogP contribution in [0.5, 0.6) is 0 Å². The number of carbonyl (C=O) groups is 1. The SMILES string of the molecule is NNC(=O)CN(c1cccc(I)c1)S(=O)(=O)c1cccc([N+](=O)[O-])c1. The minimum atomic E-state index is -4.22. The van der Waals surface area contributed by atoms with Gasteiger partial charge >= 0.3 is 0 Å². The predicted octanol–water partition coefficient (Wildman–Crippen LogP) is 1.38. The van der Waals surface area contributed by atoms with E-state index in [1.807, 2.05) is 28.0 Å². The van der Waals surface area contributed by atoms with Crippen molar-refractivity contribution >= 4 is 49.9 Å². The number of non-ortho nitro benzene ring substituents is 1. The zero-order chi connectivity index (χ0) is 18.6. The number of halogens is 1. The number of rotatable bonds is 6. The van der Waals surface area contributed by atoms with Crippen LogP contribution in [-0.4, -0.2) is 25.8 Å². The van der Waals surface area contributed by atoms with Crippen LogP contribution < -0.4 is 15.6 Å². The molecule has 1 amide bonds. The lowest BCUT2D eigenvalue weighted by molar-refractivity contribution is -0.385. The van der Waals surface area contributed by atoms with E-state index in [1.54, 1.807) is 18.2 Å². The molecule has 0 atom stereocenters. The maximum absolute atomic E-state index is 13.0. The van der Waals surface area contributed by atoms with E-state index in [1.165, 1.54) is 24.3 Å². The van der Waals surface area contributed by atoms with E-state index in [4.69, 9.17) is 5.84 Å². The number of hydrazine groups is 1. The Morgan fingerprint density at radius 1 is 1.24 bits per heavy atom. The summed E-state index contributed by atoms with van der Waals surface area (Å²) >= 11 is 2.00. The van der Waals surface area contributed by atoms with Gasteiger partial charge in [0.25, 0.3) is 21.6 Å². The van der Waals surface area contributed by atoms with Crippen LogP contribution in [0, 0.1) is 13.7 Å². The van der Waals surface area contributed by atoms with Crippen molar-refractivity contribution in [2.24, 2.45) is 5.84 Å². The number of amides is 1. The topological polar surface area (TPSA) is 136 Å². The Labute approximate surface area is 157 Å². The van der Waals surface area contributed by atoms with Crippen LogP contribution in [0.2, 0.25) is 0 Å². The van der Waals surface area contributed by atoms with Crippen molar-refractivity contribution in [1.82, 2.24) is 5.43 Å². The van der Waals surface area contributed by atoms with Gasteiger partial charge in [0.1, 0.15) is 6.54 Å². The maximum Gasteiger partial charge on any atom is 0.270 e. The molecular formula is C14H13IN4O5S. The van der Waals surface area contributed by atoms with Crippen LogP contribution in [-0.2, 0) is 14.8 Å². The highest BCUT2D eigenvalue weighted by Crippen LogP contribution is 2.26. The third kappa shape index (κ3) is 4.43. The van der Waals surface area contributed by atoms with Gasteiger partial charge in [0.15, 0.2) is 0 Å². The smallest absolute Gasteiger partial charge is 0.270 e. The average molecular weight is 476 g/mol. The van der Waals surface area contributed by atoms with Crippen molar-refractivity contribution < 1.29 is 18.1 Å². The first-order valence-corrected chi connectivity index (χ1v) is 9.30. The maximum atomic E-state index is 13.0. The molecule has 0 aliphatic rings. The van der Waals surface area contributed by atoms with E-state index in [-0.39, 0.29) is 16.3 Å². The van der Waals surface area contributed by atoms with Gasteiger partial charge in [-0.2, -0.15) is 0 Å². The highest BCUT2D eigenvalue weighted by Gasteiger charge is 2.28. The van der Waals surface area contributed by atoms with Crippen molar-refractivity contribution in [3.05, 3.63) is 62.2 Å². The van der Waals surface area contributed by atoms with Crippen LogP contribution in [0.25, 0.3) is 0 Å². The number of nitrogens with two attached hydrogens (primary N) is 1. The highest BCUT2D eigenvalue weighted by molar-refractivity contribution is 14.1. The Kier molecular flexibility index (Phi) is 5.92. The molecule has 11 heteroatoms. The zero-order valence-electron chi connectivity index (χ0n) is 12.6. The standard InChI is InChI=1S/C14H13IN4O5S/c15-10-3-1-4-11(7-10)18(9-14(20)17-16)25(23,24)13-6-2-5-12(8-13)19(21)22/h1-8H,9,16H2,(H,17,20). The molecule has 0 bridgehead atoms. The van der Waals surface area contributed by atoms with Gasteiger partial charge in [0.2, 0.25) is 0 Å². The van der Waals surface area contributed by atoms with E-state index in [2.05, 4.69) is 0 Å².